The van der Waals surface area contributed by atoms with Crippen LogP contribution in [-0.2, 0) is 15.5 Å². The van der Waals surface area contributed by atoms with Gasteiger partial charge in [0, 0.05) is 23.8 Å². The van der Waals surface area contributed by atoms with Crippen molar-refractivity contribution in [1.29, 1.82) is 0 Å². The Labute approximate surface area is 185 Å². The minimum absolute atomic E-state index is 0.0891. The van der Waals surface area contributed by atoms with Crippen molar-refractivity contribution >= 4 is 11.4 Å². The molecular formula is C19H29CoN5O5-4. The molecule has 2 N–H and O–H groups in total. The molecule has 0 saturated heterocycles. The number of hydrogen-bond donors (Lipinski definition) is 2. The number of nitrogens with one attached hydrogen (secondary N) is 1. The number of allylic oxidation sites excluding steroid dienone is 2. The first-order chi connectivity index (χ1) is 14.2. The van der Waals surface area contributed by atoms with E-state index in [0.717, 1.165) is 12.8 Å². The van der Waals surface area contributed by atoms with Crippen LogP contribution in [0, 0.1) is 27.2 Å². The van der Waals surface area contributed by atoms with Crippen LogP contribution < -0.4 is 5.48 Å². The second-order valence-corrected chi connectivity index (χ2v) is 6.43. The van der Waals surface area contributed by atoms with Crippen LogP contribution in [0.5, 0.6) is 0 Å². The van der Waals surface area contributed by atoms with Crippen LogP contribution in [0.1, 0.15) is 53.4 Å². The van der Waals surface area contributed by atoms with Crippen molar-refractivity contribution in [3.63, 3.8) is 0 Å². The van der Waals surface area contributed by atoms with E-state index in [4.69, 9.17) is 5.11 Å². The molecule has 1 saturated carbocycles. The molecule has 0 aromatic carbocycles. The van der Waals surface area contributed by atoms with Gasteiger partial charge in [-0.2, -0.15) is 6.42 Å². The molecule has 0 aliphatic heterocycles. The molecule has 1 unspecified atom stereocenters. The number of hydroxylamine groups is 2. The van der Waals surface area contributed by atoms with Crippen LogP contribution in [0.25, 0.3) is 0 Å². The predicted octanol–water partition coefficient (Wildman–Crippen LogP) is 3.68. The summed E-state index contributed by atoms with van der Waals surface area (Å²) in [4.78, 5) is 3.78. The van der Waals surface area contributed by atoms with Crippen molar-refractivity contribution in [2.45, 2.75) is 59.5 Å². The minimum Gasteiger partial charge on any atom is -0.425 e. The summed E-state index contributed by atoms with van der Waals surface area (Å²) in [6, 6.07) is 5.72. The number of pyridine rings is 1. The Morgan fingerprint density at radius 3 is 1.80 bits per heavy atom. The second-order valence-electron chi connectivity index (χ2n) is 6.00. The maximum atomic E-state index is 10.3. The number of aliphatic hydroxyl groups excluding tert-OH is 1. The molecule has 173 valence electrons. The van der Waals surface area contributed by atoms with Crippen LogP contribution in [0.4, 0.5) is 0 Å². The van der Waals surface area contributed by atoms with E-state index in [2.05, 4.69) is 30.8 Å². The molecule has 10 nitrogen and oxygen atoms in total. The van der Waals surface area contributed by atoms with Gasteiger partial charge in [0.1, 0.15) is 0 Å². The van der Waals surface area contributed by atoms with Crippen LogP contribution in [0.15, 0.2) is 52.3 Å². The minimum atomic E-state index is -0.0891. The first-order valence-corrected chi connectivity index (χ1v) is 9.55. The fraction of sp³-hybridized carbons (Fsp3) is 0.474. The van der Waals surface area contributed by atoms with Gasteiger partial charge in [0.25, 0.3) is 0 Å². The number of aromatic nitrogens is 1. The third-order valence-electron chi connectivity index (χ3n) is 3.70. The summed E-state index contributed by atoms with van der Waals surface area (Å²) in [5, 5.41) is 53.2. The van der Waals surface area contributed by atoms with Crippen LogP contribution >= 0.6 is 0 Å². The monoisotopic (exact) mass is 466 g/mol. The molecule has 0 spiro atoms. The average Bonchev–Trinajstić information content (AvgIpc) is 2.79. The third-order valence-corrected chi connectivity index (χ3v) is 4.05. The Balaban J connectivity index is 0. The summed E-state index contributed by atoms with van der Waals surface area (Å²) in [6.07, 6.45) is 9.98. The molecule has 1 aliphatic carbocycles. The Kier molecular flexibility index (Phi) is 20.1. The number of rotatable bonds is 3. The van der Waals surface area contributed by atoms with Crippen molar-refractivity contribution in [2.75, 3.05) is 0 Å². The van der Waals surface area contributed by atoms with Gasteiger partial charge < -0.3 is 32.3 Å². The molecule has 30 heavy (non-hydrogen) atoms. The molecular weight excluding hydrogens is 437 g/mol. The van der Waals surface area contributed by atoms with E-state index in [1.54, 1.807) is 17.9 Å². The Morgan fingerprint density at radius 2 is 1.63 bits per heavy atom. The molecule has 11 heteroatoms. The normalized spacial score (nSPS) is 16.9. The molecule has 0 bridgehead atoms. The van der Waals surface area contributed by atoms with Gasteiger partial charge in [0.2, 0.25) is 0 Å². The number of nitrogens with zero attached hydrogens (tertiary/aromatic N) is 4. The zero-order valence-corrected chi connectivity index (χ0v) is 18.6. The van der Waals surface area contributed by atoms with Crippen molar-refractivity contribution in [2.24, 2.45) is 10.3 Å². The number of hydrogen-bond acceptors (Lipinski definition) is 9. The second kappa shape index (κ2) is 20.1. The third kappa shape index (κ3) is 17.9. The summed E-state index contributed by atoms with van der Waals surface area (Å²) < 4.78 is 0.327. The summed E-state index contributed by atoms with van der Waals surface area (Å²) in [5.41, 5.74) is 2.41. The van der Waals surface area contributed by atoms with Crippen molar-refractivity contribution in [3.05, 3.63) is 69.2 Å². The van der Waals surface area contributed by atoms with Gasteiger partial charge in [-0.3, -0.25) is 4.98 Å². The standard InChI is InChI=1S/C6H11O.C5H5N.C4H8N2O2.C4H7N2O2.Co/c7-6-4-2-1-3-5-6;1-2-4-6-5-3-1;2*1-3(5-7)4(2)6-8;/h4,6-7H,1-3,5H2;1-5H;7-8H,1-2H3;5H,1-2H3;/q-1;;;-1;/p-2. The number of aliphatic hydroxyl groups is 1. The van der Waals surface area contributed by atoms with E-state index in [9.17, 15) is 20.8 Å². The maximum absolute atomic E-state index is 10.3. The maximum Gasteiger partial charge on any atom is 0.0267 e. The molecule has 0 amide bonds. The molecule has 1 aromatic rings. The summed E-state index contributed by atoms with van der Waals surface area (Å²) in [6.45, 7) is 5.87. The molecule has 1 atom stereocenters. The van der Waals surface area contributed by atoms with Gasteiger partial charge in [-0.15, -0.1) is 0 Å². The van der Waals surface area contributed by atoms with Gasteiger partial charge in [0.15, 0.2) is 0 Å². The predicted molar refractivity (Wildman–Crippen MR) is 114 cm³/mol. The first kappa shape index (κ1) is 30.0. The first-order valence-electron chi connectivity index (χ1n) is 9.08. The van der Waals surface area contributed by atoms with E-state index in [-0.39, 0.29) is 28.9 Å². The zero-order chi connectivity index (χ0) is 23.4. The SMILES string of the molecule is CC(=N[O-])C(C)=N[O-].CC(N[O-])=C(C)[N+]([O-])=[Co].OC1[CH-]CCCC1.c1ccncc1. The van der Waals surface area contributed by atoms with Crippen molar-refractivity contribution in [1.82, 2.24) is 10.5 Å². The van der Waals surface area contributed by atoms with E-state index >= 15 is 0 Å². The Morgan fingerprint density at radius 1 is 1.10 bits per heavy atom. The van der Waals surface area contributed by atoms with Gasteiger partial charge in [-0.25, -0.2) is 0 Å². The van der Waals surface area contributed by atoms with E-state index in [1.807, 2.05) is 24.6 Å². The van der Waals surface area contributed by atoms with Gasteiger partial charge >= 0.3 is 60.4 Å². The van der Waals surface area contributed by atoms with Gasteiger partial charge in [-0.05, 0) is 26.0 Å². The van der Waals surface area contributed by atoms with E-state index in [0.29, 0.717) is 3.74 Å². The molecule has 0 radical (unpaired) electrons. The topological polar surface area (TPSA) is 165 Å². The van der Waals surface area contributed by atoms with Crippen LogP contribution in [0.2, 0.25) is 0 Å². The fourth-order valence-electron chi connectivity index (χ4n) is 1.57. The molecule has 1 aliphatic rings. The van der Waals surface area contributed by atoms with Gasteiger partial charge in [0.05, 0.1) is 0 Å². The average molecular weight is 466 g/mol. The van der Waals surface area contributed by atoms with Crippen LogP contribution in [0.3, 0.4) is 0 Å². The smallest absolute Gasteiger partial charge is 0.0267 e. The Bertz CT molecular complexity index is 620. The summed E-state index contributed by atoms with van der Waals surface area (Å²) in [7, 11) is 0. The van der Waals surface area contributed by atoms with Gasteiger partial charge in [-0.1, -0.05) is 31.4 Å². The zero-order valence-electron chi connectivity index (χ0n) is 17.6. The van der Waals surface area contributed by atoms with Crippen molar-refractivity contribution in [3.8, 4) is 0 Å². The van der Waals surface area contributed by atoms with E-state index < -0.39 is 0 Å². The summed E-state index contributed by atoms with van der Waals surface area (Å²) in [5.74, 6) is 0. The van der Waals surface area contributed by atoms with E-state index in [1.165, 1.54) is 40.5 Å². The molecule has 1 aromatic heterocycles. The molecule has 1 heterocycles. The quantitative estimate of drug-likeness (QED) is 0.389. The fourth-order valence-corrected chi connectivity index (χ4v) is 1.74. The summed E-state index contributed by atoms with van der Waals surface area (Å²) >= 11 is 3.47. The molecule has 2 rings (SSSR count). The largest absolute Gasteiger partial charge is 0.425 e. The Hall–Kier alpha value is -2.18. The van der Waals surface area contributed by atoms with Crippen molar-refractivity contribution < 1.29 is 24.4 Å². The van der Waals surface area contributed by atoms with Crippen LogP contribution in [-0.4, -0.2) is 31.4 Å². The molecule has 1 fully saturated rings.